The number of phenols is 1. The molecule has 3 heteroatoms. The van der Waals surface area contributed by atoms with Crippen LogP contribution in [0.4, 0.5) is 0 Å². The molecule has 0 unspecified atom stereocenters. The van der Waals surface area contributed by atoms with Crippen LogP contribution in [0.25, 0.3) is 0 Å². The van der Waals surface area contributed by atoms with Gasteiger partial charge in [0.25, 0.3) is 0 Å². The van der Waals surface area contributed by atoms with Crippen molar-refractivity contribution in [1.29, 1.82) is 0 Å². The van der Waals surface area contributed by atoms with Gasteiger partial charge in [-0.25, -0.2) is 0 Å². The van der Waals surface area contributed by atoms with Crippen molar-refractivity contribution >= 4 is 0 Å². The van der Waals surface area contributed by atoms with Gasteiger partial charge in [0.1, 0.15) is 5.75 Å². The van der Waals surface area contributed by atoms with E-state index in [0.29, 0.717) is 25.6 Å². The first-order valence-electron chi connectivity index (χ1n) is 5.43. The molecule has 0 aliphatic carbocycles. The molecule has 0 saturated carbocycles. The quantitative estimate of drug-likeness (QED) is 0.754. The van der Waals surface area contributed by atoms with E-state index < -0.39 is 0 Å². The molecular formula is C13H20O3. The summed E-state index contributed by atoms with van der Waals surface area (Å²) in [5, 5.41) is 9.77. The summed E-state index contributed by atoms with van der Waals surface area (Å²) in [4.78, 5) is 0. The molecule has 0 aliphatic heterocycles. The van der Waals surface area contributed by atoms with Crippen molar-refractivity contribution in [2.75, 3.05) is 26.9 Å². The lowest BCUT2D eigenvalue weighted by atomic mass is 9.85. The van der Waals surface area contributed by atoms with Crippen molar-refractivity contribution in [2.45, 2.75) is 19.3 Å². The predicted octanol–water partition coefficient (Wildman–Crippen LogP) is 2.33. The zero-order chi connectivity index (χ0) is 12.0. The van der Waals surface area contributed by atoms with Crippen LogP contribution in [0.1, 0.15) is 19.4 Å². The molecule has 16 heavy (non-hydrogen) atoms. The largest absolute Gasteiger partial charge is 0.508 e. The minimum atomic E-state index is -0.195. The van der Waals surface area contributed by atoms with Crippen LogP contribution in [0.2, 0.25) is 0 Å². The Hall–Kier alpha value is -1.06. The fourth-order valence-corrected chi connectivity index (χ4v) is 1.59. The third-order valence-corrected chi connectivity index (χ3v) is 2.53. The molecule has 0 amide bonds. The molecule has 3 nitrogen and oxygen atoms in total. The van der Waals surface area contributed by atoms with Gasteiger partial charge in [-0.2, -0.15) is 0 Å². The third kappa shape index (κ3) is 3.51. The first-order chi connectivity index (χ1) is 7.58. The van der Waals surface area contributed by atoms with Gasteiger partial charge in [0.15, 0.2) is 0 Å². The molecule has 1 rings (SSSR count). The minimum Gasteiger partial charge on any atom is -0.508 e. The number of para-hydroxylation sites is 1. The topological polar surface area (TPSA) is 38.7 Å². The fourth-order valence-electron chi connectivity index (χ4n) is 1.59. The Morgan fingerprint density at radius 2 is 1.88 bits per heavy atom. The molecule has 0 spiro atoms. The smallest absolute Gasteiger partial charge is 0.119 e. The van der Waals surface area contributed by atoms with Gasteiger partial charge in [-0.1, -0.05) is 32.0 Å². The Bertz CT molecular complexity index is 321. The maximum absolute atomic E-state index is 9.77. The molecule has 0 heterocycles. The first kappa shape index (κ1) is 13.0. The van der Waals surface area contributed by atoms with E-state index in [9.17, 15) is 5.11 Å². The molecular weight excluding hydrogens is 204 g/mol. The Morgan fingerprint density at radius 1 is 1.19 bits per heavy atom. The third-order valence-electron chi connectivity index (χ3n) is 2.53. The maximum atomic E-state index is 9.77. The zero-order valence-electron chi connectivity index (χ0n) is 10.2. The van der Waals surface area contributed by atoms with E-state index >= 15 is 0 Å². The molecule has 0 atom stereocenters. The summed E-state index contributed by atoms with van der Waals surface area (Å²) >= 11 is 0. The lowest BCUT2D eigenvalue weighted by molar-refractivity contribution is 0.0480. The first-order valence-corrected chi connectivity index (χ1v) is 5.43. The molecule has 0 fully saturated rings. The lowest BCUT2D eigenvalue weighted by Gasteiger charge is -2.25. The number of hydrogen-bond donors (Lipinski definition) is 1. The maximum Gasteiger partial charge on any atom is 0.119 e. The monoisotopic (exact) mass is 224 g/mol. The van der Waals surface area contributed by atoms with Gasteiger partial charge < -0.3 is 14.6 Å². The fraction of sp³-hybridized carbons (Fsp3) is 0.538. The van der Waals surface area contributed by atoms with Crippen LogP contribution in [0, 0.1) is 0 Å². The number of methoxy groups -OCH3 is 1. The number of benzene rings is 1. The highest BCUT2D eigenvalue weighted by molar-refractivity contribution is 5.37. The Kier molecular flexibility index (Phi) is 4.77. The van der Waals surface area contributed by atoms with Crippen LogP contribution >= 0.6 is 0 Å². The average molecular weight is 224 g/mol. The summed E-state index contributed by atoms with van der Waals surface area (Å²) < 4.78 is 10.4. The summed E-state index contributed by atoms with van der Waals surface area (Å²) in [7, 11) is 1.65. The number of phenolic OH excluding ortho intramolecular Hbond substituents is 1. The van der Waals surface area contributed by atoms with E-state index in [-0.39, 0.29) is 5.41 Å². The van der Waals surface area contributed by atoms with Crippen molar-refractivity contribution in [3.63, 3.8) is 0 Å². The van der Waals surface area contributed by atoms with Gasteiger partial charge in [0.05, 0.1) is 19.8 Å². The summed E-state index contributed by atoms with van der Waals surface area (Å²) in [6, 6.07) is 7.37. The van der Waals surface area contributed by atoms with Gasteiger partial charge in [-0.3, -0.25) is 0 Å². The minimum absolute atomic E-state index is 0.195. The number of rotatable bonds is 6. The average Bonchev–Trinajstić information content (AvgIpc) is 2.25. The molecule has 0 bridgehead atoms. The molecule has 1 N–H and O–H groups in total. The molecule has 0 radical (unpaired) electrons. The number of ether oxygens (including phenoxy) is 2. The Labute approximate surface area is 97.0 Å². The second-order valence-electron chi connectivity index (χ2n) is 4.45. The van der Waals surface area contributed by atoms with Crippen molar-refractivity contribution in [3.8, 4) is 5.75 Å². The summed E-state index contributed by atoms with van der Waals surface area (Å²) in [6.45, 7) is 5.84. The molecule has 1 aromatic rings. The molecule has 0 aromatic heterocycles. The molecule has 90 valence electrons. The van der Waals surface area contributed by atoms with Crippen molar-refractivity contribution in [1.82, 2.24) is 0 Å². The van der Waals surface area contributed by atoms with Crippen molar-refractivity contribution in [2.24, 2.45) is 0 Å². The van der Waals surface area contributed by atoms with Crippen LogP contribution in [-0.2, 0) is 14.9 Å². The van der Waals surface area contributed by atoms with Crippen LogP contribution in [0.15, 0.2) is 24.3 Å². The van der Waals surface area contributed by atoms with Crippen molar-refractivity contribution < 1.29 is 14.6 Å². The van der Waals surface area contributed by atoms with E-state index in [1.807, 2.05) is 18.2 Å². The van der Waals surface area contributed by atoms with Gasteiger partial charge in [0.2, 0.25) is 0 Å². The molecule has 0 aliphatic rings. The van der Waals surface area contributed by atoms with E-state index in [2.05, 4.69) is 13.8 Å². The van der Waals surface area contributed by atoms with Gasteiger partial charge in [0, 0.05) is 18.1 Å². The highest BCUT2D eigenvalue weighted by Crippen LogP contribution is 2.30. The van der Waals surface area contributed by atoms with E-state index in [1.54, 1.807) is 13.2 Å². The normalized spacial score (nSPS) is 11.7. The second-order valence-corrected chi connectivity index (χ2v) is 4.45. The van der Waals surface area contributed by atoms with E-state index in [0.717, 1.165) is 5.56 Å². The van der Waals surface area contributed by atoms with E-state index in [1.165, 1.54) is 0 Å². The van der Waals surface area contributed by atoms with Gasteiger partial charge >= 0.3 is 0 Å². The van der Waals surface area contributed by atoms with Crippen LogP contribution < -0.4 is 0 Å². The lowest BCUT2D eigenvalue weighted by Crippen LogP contribution is -2.25. The van der Waals surface area contributed by atoms with E-state index in [4.69, 9.17) is 9.47 Å². The highest BCUT2D eigenvalue weighted by atomic mass is 16.5. The molecule has 0 saturated heterocycles. The summed E-state index contributed by atoms with van der Waals surface area (Å²) in [5.41, 5.74) is 0.714. The SMILES string of the molecule is COCCOCC(C)(C)c1ccccc1O. The molecule has 1 aromatic carbocycles. The highest BCUT2D eigenvalue weighted by Gasteiger charge is 2.23. The van der Waals surface area contributed by atoms with Crippen LogP contribution in [-0.4, -0.2) is 32.0 Å². The number of hydrogen-bond acceptors (Lipinski definition) is 3. The van der Waals surface area contributed by atoms with Crippen LogP contribution in [0.3, 0.4) is 0 Å². The van der Waals surface area contributed by atoms with Crippen molar-refractivity contribution in [3.05, 3.63) is 29.8 Å². The van der Waals surface area contributed by atoms with Gasteiger partial charge in [-0.15, -0.1) is 0 Å². The standard InChI is InChI=1S/C13H20O3/c1-13(2,10-16-9-8-15-3)11-6-4-5-7-12(11)14/h4-7,14H,8-10H2,1-3H3. The Balaban J connectivity index is 2.59. The zero-order valence-corrected chi connectivity index (χ0v) is 10.2. The predicted molar refractivity (Wildman–Crippen MR) is 63.8 cm³/mol. The summed E-state index contributed by atoms with van der Waals surface area (Å²) in [5.74, 6) is 0.322. The summed E-state index contributed by atoms with van der Waals surface area (Å²) in [6.07, 6.45) is 0. The van der Waals surface area contributed by atoms with Crippen LogP contribution in [0.5, 0.6) is 5.75 Å². The second kappa shape index (κ2) is 5.87. The van der Waals surface area contributed by atoms with Gasteiger partial charge in [-0.05, 0) is 6.07 Å². The Morgan fingerprint density at radius 3 is 2.50 bits per heavy atom. The number of aromatic hydroxyl groups is 1.